The number of para-hydroxylation sites is 1. The summed E-state index contributed by atoms with van der Waals surface area (Å²) in [5, 5.41) is 2.54. The molecule has 0 unspecified atom stereocenters. The molecule has 57 heavy (non-hydrogen) atoms. The second kappa shape index (κ2) is 12.2. The van der Waals surface area contributed by atoms with Gasteiger partial charge in [-0.15, -0.1) is 0 Å². The minimum atomic E-state index is -0.0985. The van der Waals surface area contributed by atoms with Crippen molar-refractivity contribution in [1.82, 2.24) is 4.57 Å². The van der Waals surface area contributed by atoms with Gasteiger partial charge in [-0.3, -0.25) is 0 Å². The van der Waals surface area contributed by atoms with Crippen molar-refractivity contribution in [3.63, 3.8) is 0 Å². The lowest BCUT2D eigenvalue weighted by Gasteiger charge is -2.30. The number of hydrogen-bond donors (Lipinski definition) is 0. The van der Waals surface area contributed by atoms with Crippen LogP contribution in [-0.2, 0) is 10.8 Å². The SMILES string of the molecule is Cc1ccc(-n2c3ccccc3c3ccc(-c4ccc(N(c5ccc6c(c5)C(C)(C)c5ccccc5-6)c5ccc6c(c5)C(C)(C)c5ccccc5-6)cc4)cc32)cc1. The average molecular weight is 733 g/mol. The van der Waals surface area contributed by atoms with Gasteiger partial charge >= 0.3 is 0 Å². The van der Waals surface area contributed by atoms with E-state index in [2.05, 4.69) is 220 Å². The number of rotatable bonds is 5. The summed E-state index contributed by atoms with van der Waals surface area (Å²) in [5.41, 5.74) is 21.4. The van der Waals surface area contributed by atoms with Crippen molar-refractivity contribution in [2.75, 3.05) is 4.90 Å². The number of benzene rings is 8. The summed E-state index contributed by atoms with van der Waals surface area (Å²) in [4.78, 5) is 2.46. The summed E-state index contributed by atoms with van der Waals surface area (Å²) in [6.45, 7) is 11.6. The molecule has 2 heteroatoms. The van der Waals surface area contributed by atoms with Crippen LogP contribution in [0.25, 0.3) is 60.9 Å². The molecule has 0 N–H and O–H groups in total. The average Bonchev–Trinajstić information content (AvgIpc) is 3.78. The van der Waals surface area contributed by atoms with Crippen LogP contribution in [0.4, 0.5) is 17.1 Å². The maximum absolute atomic E-state index is 2.46. The Morgan fingerprint density at radius 2 is 0.877 bits per heavy atom. The van der Waals surface area contributed by atoms with E-state index < -0.39 is 0 Å². The molecular weight excluding hydrogens is 689 g/mol. The molecule has 0 spiro atoms. The lowest BCUT2D eigenvalue weighted by atomic mass is 9.82. The number of hydrogen-bond acceptors (Lipinski definition) is 1. The van der Waals surface area contributed by atoms with Crippen LogP contribution in [-0.4, -0.2) is 4.57 Å². The molecule has 0 aliphatic heterocycles. The van der Waals surface area contributed by atoms with Crippen LogP contribution in [0.1, 0.15) is 55.5 Å². The third-order valence-electron chi connectivity index (χ3n) is 13.1. The van der Waals surface area contributed by atoms with E-state index in [-0.39, 0.29) is 10.8 Å². The van der Waals surface area contributed by atoms with E-state index in [9.17, 15) is 0 Å². The van der Waals surface area contributed by atoms with Crippen molar-refractivity contribution >= 4 is 38.9 Å². The lowest BCUT2D eigenvalue weighted by molar-refractivity contribution is 0.660. The van der Waals surface area contributed by atoms with E-state index in [1.54, 1.807) is 0 Å². The first-order chi connectivity index (χ1) is 27.7. The molecule has 2 aliphatic carbocycles. The van der Waals surface area contributed by atoms with Crippen molar-refractivity contribution in [2.45, 2.75) is 45.4 Å². The molecule has 274 valence electrons. The van der Waals surface area contributed by atoms with Crippen molar-refractivity contribution in [1.29, 1.82) is 0 Å². The standard InChI is InChI=1S/C55H44N2/c1-35-18-23-39(24-19-35)57-52-17-11-8-14-46(52)47-29-22-37(32-53(47)57)36-20-25-38(26-21-36)56(40-27-30-44-42-12-6-9-15-48(42)54(2,3)50(44)33-40)41-28-31-45-43-13-7-10-16-49(43)55(4,5)51(45)34-41/h6-34H,1-5H3. The van der Waals surface area contributed by atoms with Crippen molar-refractivity contribution in [3.8, 4) is 39.1 Å². The predicted molar refractivity (Wildman–Crippen MR) is 241 cm³/mol. The minimum Gasteiger partial charge on any atom is -0.310 e. The Hall–Kier alpha value is -6.64. The molecule has 0 atom stereocenters. The first-order valence-electron chi connectivity index (χ1n) is 20.2. The topological polar surface area (TPSA) is 8.17 Å². The highest BCUT2D eigenvalue weighted by atomic mass is 15.1. The van der Waals surface area contributed by atoms with Crippen molar-refractivity contribution in [3.05, 3.63) is 204 Å². The fraction of sp³-hybridized carbons (Fsp3) is 0.127. The largest absolute Gasteiger partial charge is 0.310 e. The van der Waals surface area contributed by atoms with Crippen LogP contribution >= 0.6 is 0 Å². The van der Waals surface area contributed by atoms with Gasteiger partial charge in [-0.1, -0.05) is 149 Å². The highest BCUT2D eigenvalue weighted by molar-refractivity contribution is 6.10. The van der Waals surface area contributed by atoms with Gasteiger partial charge in [-0.25, -0.2) is 0 Å². The van der Waals surface area contributed by atoms with Crippen LogP contribution < -0.4 is 4.90 Å². The molecule has 0 bridgehead atoms. The molecule has 9 aromatic rings. The van der Waals surface area contributed by atoms with E-state index in [0.717, 1.165) is 5.69 Å². The fourth-order valence-corrected chi connectivity index (χ4v) is 10.0. The molecule has 1 heterocycles. The minimum absolute atomic E-state index is 0.0985. The zero-order chi connectivity index (χ0) is 38.6. The third-order valence-corrected chi connectivity index (χ3v) is 13.1. The van der Waals surface area contributed by atoms with Gasteiger partial charge < -0.3 is 9.47 Å². The van der Waals surface area contributed by atoms with Crippen LogP contribution in [0.3, 0.4) is 0 Å². The second-order valence-corrected chi connectivity index (χ2v) is 17.1. The quantitative estimate of drug-likeness (QED) is 0.171. The highest BCUT2D eigenvalue weighted by Gasteiger charge is 2.37. The van der Waals surface area contributed by atoms with Crippen LogP contribution in [0.2, 0.25) is 0 Å². The van der Waals surface area contributed by atoms with Gasteiger partial charge in [0.25, 0.3) is 0 Å². The van der Waals surface area contributed by atoms with Gasteiger partial charge in [0.15, 0.2) is 0 Å². The summed E-state index contributed by atoms with van der Waals surface area (Å²) in [6, 6.07) is 65.7. The number of nitrogens with zero attached hydrogens (tertiary/aromatic N) is 2. The van der Waals surface area contributed by atoms with Gasteiger partial charge in [-0.2, -0.15) is 0 Å². The first kappa shape index (κ1) is 33.7. The summed E-state index contributed by atoms with van der Waals surface area (Å²) >= 11 is 0. The zero-order valence-corrected chi connectivity index (χ0v) is 33.1. The Morgan fingerprint density at radius 1 is 0.386 bits per heavy atom. The van der Waals surface area contributed by atoms with Gasteiger partial charge in [0.05, 0.1) is 11.0 Å². The Labute approximate surface area is 335 Å². The lowest BCUT2D eigenvalue weighted by Crippen LogP contribution is -2.18. The smallest absolute Gasteiger partial charge is 0.0547 e. The number of aromatic nitrogens is 1. The highest BCUT2D eigenvalue weighted by Crippen LogP contribution is 2.53. The Balaban J connectivity index is 1.05. The van der Waals surface area contributed by atoms with Gasteiger partial charge in [0, 0.05) is 44.4 Å². The van der Waals surface area contributed by atoms with Gasteiger partial charge in [0.2, 0.25) is 0 Å². The Bertz CT molecular complexity index is 2960. The summed E-state index contributed by atoms with van der Waals surface area (Å²) in [7, 11) is 0. The Kier molecular flexibility index (Phi) is 7.20. The second-order valence-electron chi connectivity index (χ2n) is 17.1. The summed E-state index contributed by atoms with van der Waals surface area (Å²) in [6.07, 6.45) is 0. The molecule has 0 fully saturated rings. The molecule has 2 nitrogen and oxygen atoms in total. The molecule has 0 saturated carbocycles. The summed E-state index contributed by atoms with van der Waals surface area (Å²) in [5.74, 6) is 0. The molecule has 2 aliphatic rings. The molecule has 1 aromatic heterocycles. The molecule has 0 amide bonds. The third kappa shape index (κ3) is 4.96. The zero-order valence-electron chi connectivity index (χ0n) is 33.1. The number of fused-ring (bicyclic) bond motifs is 9. The maximum Gasteiger partial charge on any atom is 0.0547 e. The van der Waals surface area contributed by atoms with Crippen LogP contribution in [0.15, 0.2) is 176 Å². The molecule has 8 aromatic carbocycles. The van der Waals surface area contributed by atoms with Gasteiger partial charge in [0.1, 0.15) is 0 Å². The van der Waals surface area contributed by atoms with E-state index in [0.29, 0.717) is 0 Å². The molecular formula is C55H44N2. The normalized spacial score (nSPS) is 14.3. The maximum atomic E-state index is 2.46. The van der Waals surface area contributed by atoms with Crippen molar-refractivity contribution < 1.29 is 0 Å². The molecule has 11 rings (SSSR count). The summed E-state index contributed by atoms with van der Waals surface area (Å²) < 4.78 is 2.41. The van der Waals surface area contributed by atoms with Crippen LogP contribution in [0.5, 0.6) is 0 Å². The van der Waals surface area contributed by atoms with E-state index >= 15 is 0 Å². The van der Waals surface area contributed by atoms with E-state index in [1.165, 1.54) is 100 Å². The number of aryl methyl sites for hydroxylation is 1. The fourth-order valence-electron chi connectivity index (χ4n) is 10.0. The van der Waals surface area contributed by atoms with E-state index in [1.807, 2.05) is 0 Å². The Morgan fingerprint density at radius 3 is 1.49 bits per heavy atom. The molecule has 0 saturated heterocycles. The van der Waals surface area contributed by atoms with Crippen molar-refractivity contribution in [2.24, 2.45) is 0 Å². The monoisotopic (exact) mass is 732 g/mol. The molecule has 0 radical (unpaired) electrons. The van der Waals surface area contributed by atoms with Gasteiger partial charge in [-0.05, 0) is 123 Å². The first-order valence-corrected chi connectivity index (χ1v) is 20.2. The number of anilines is 3. The predicted octanol–water partition coefficient (Wildman–Crippen LogP) is 14.8. The van der Waals surface area contributed by atoms with Crippen LogP contribution in [0, 0.1) is 6.92 Å². The van der Waals surface area contributed by atoms with E-state index in [4.69, 9.17) is 0 Å².